The van der Waals surface area contributed by atoms with E-state index in [4.69, 9.17) is 9.47 Å². The van der Waals surface area contributed by atoms with Gasteiger partial charge in [0.15, 0.2) is 0 Å². The van der Waals surface area contributed by atoms with Gasteiger partial charge in [0.05, 0.1) is 36.3 Å². The van der Waals surface area contributed by atoms with Gasteiger partial charge in [0, 0.05) is 44.4 Å². The van der Waals surface area contributed by atoms with Gasteiger partial charge in [-0.15, -0.1) is 5.10 Å². The molecule has 2 aromatic heterocycles. The third kappa shape index (κ3) is 3.24. The molecule has 2 aliphatic heterocycles. The Morgan fingerprint density at radius 1 is 1.20 bits per heavy atom. The van der Waals surface area contributed by atoms with Crippen molar-refractivity contribution in [3.05, 3.63) is 35.7 Å². The second-order valence-electron chi connectivity index (χ2n) is 8.34. The summed E-state index contributed by atoms with van der Waals surface area (Å²) in [5.41, 5.74) is 4.14. The van der Waals surface area contributed by atoms with Crippen molar-refractivity contribution >= 4 is 28.3 Å². The highest BCUT2D eigenvalue weighted by molar-refractivity contribution is 6.12. The van der Waals surface area contributed by atoms with Crippen molar-refractivity contribution < 1.29 is 14.3 Å². The number of nitrogens with one attached hydrogen (secondary N) is 1. The molecule has 1 N–H and O–H groups in total. The molecule has 5 rings (SSSR count). The lowest BCUT2D eigenvalue weighted by Crippen LogP contribution is -2.36. The Morgan fingerprint density at radius 2 is 2.00 bits per heavy atom. The van der Waals surface area contributed by atoms with Gasteiger partial charge in [-0.25, -0.2) is 4.68 Å². The number of amides is 1. The van der Waals surface area contributed by atoms with Crippen molar-refractivity contribution in [1.29, 1.82) is 0 Å². The third-order valence-electron chi connectivity index (χ3n) is 5.55. The lowest BCUT2D eigenvalue weighted by molar-refractivity contribution is 0.102. The fraction of sp³-hybridized carbons (Fsp3) is 0.429. The minimum absolute atomic E-state index is 0.262. The first-order valence-corrected chi connectivity index (χ1v) is 10.0. The minimum atomic E-state index is -0.263. The van der Waals surface area contributed by atoms with E-state index in [0.717, 1.165) is 42.2 Å². The molecule has 1 saturated heterocycles. The van der Waals surface area contributed by atoms with Gasteiger partial charge >= 0.3 is 0 Å². The SMILES string of the molecule is Cn1nnc2c(C(=O)Nc3cc4c(cc3N3CCOCC3)OC(C)(C)C4)cncc21. The minimum Gasteiger partial charge on any atom is -0.487 e. The molecule has 156 valence electrons. The first-order valence-electron chi connectivity index (χ1n) is 10.0. The highest BCUT2D eigenvalue weighted by Crippen LogP contribution is 2.42. The number of benzene rings is 1. The third-order valence-corrected chi connectivity index (χ3v) is 5.55. The Morgan fingerprint density at radius 3 is 2.80 bits per heavy atom. The number of hydrogen-bond acceptors (Lipinski definition) is 7. The summed E-state index contributed by atoms with van der Waals surface area (Å²) in [6, 6.07) is 4.06. The van der Waals surface area contributed by atoms with Crippen LogP contribution in [0.3, 0.4) is 0 Å². The number of hydrogen-bond donors (Lipinski definition) is 1. The van der Waals surface area contributed by atoms with E-state index >= 15 is 0 Å². The molecular formula is C21H24N6O3. The summed E-state index contributed by atoms with van der Waals surface area (Å²) >= 11 is 0. The lowest BCUT2D eigenvalue weighted by atomic mass is 10.0. The van der Waals surface area contributed by atoms with E-state index in [2.05, 4.69) is 39.4 Å². The zero-order chi connectivity index (χ0) is 20.9. The van der Waals surface area contributed by atoms with Crippen molar-refractivity contribution in [2.75, 3.05) is 36.5 Å². The fourth-order valence-electron chi connectivity index (χ4n) is 4.11. The number of nitrogens with zero attached hydrogens (tertiary/aromatic N) is 5. The molecule has 1 amide bonds. The van der Waals surface area contributed by atoms with Crippen LogP contribution >= 0.6 is 0 Å². The Kier molecular flexibility index (Phi) is 4.35. The van der Waals surface area contributed by atoms with E-state index in [1.165, 1.54) is 6.20 Å². The van der Waals surface area contributed by atoms with Gasteiger partial charge in [-0.2, -0.15) is 0 Å². The first-order chi connectivity index (χ1) is 14.4. The molecule has 0 unspecified atom stereocenters. The largest absolute Gasteiger partial charge is 0.487 e. The maximum absolute atomic E-state index is 13.2. The van der Waals surface area contributed by atoms with Crippen LogP contribution in [0.15, 0.2) is 24.5 Å². The van der Waals surface area contributed by atoms with Gasteiger partial charge < -0.3 is 19.7 Å². The van der Waals surface area contributed by atoms with Crippen LogP contribution in [0.25, 0.3) is 11.0 Å². The lowest BCUT2D eigenvalue weighted by Gasteiger charge is -2.31. The molecule has 0 atom stereocenters. The molecule has 1 aromatic carbocycles. The molecule has 9 heteroatoms. The van der Waals surface area contributed by atoms with Gasteiger partial charge in [0.2, 0.25) is 0 Å². The van der Waals surface area contributed by atoms with E-state index in [1.807, 2.05) is 12.1 Å². The molecule has 4 heterocycles. The van der Waals surface area contributed by atoms with Crippen LogP contribution in [0.4, 0.5) is 11.4 Å². The molecular weight excluding hydrogens is 384 g/mol. The van der Waals surface area contributed by atoms with Gasteiger partial charge in [-0.1, -0.05) is 5.21 Å². The molecule has 9 nitrogen and oxygen atoms in total. The van der Waals surface area contributed by atoms with E-state index in [1.54, 1.807) is 17.9 Å². The first kappa shape index (κ1) is 18.8. The summed E-state index contributed by atoms with van der Waals surface area (Å²) in [7, 11) is 1.78. The molecule has 0 bridgehead atoms. The summed E-state index contributed by atoms with van der Waals surface area (Å²) in [4.78, 5) is 19.6. The maximum atomic E-state index is 13.2. The van der Waals surface area contributed by atoms with Crippen molar-refractivity contribution in [2.45, 2.75) is 25.9 Å². The Balaban J connectivity index is 1.53. The number of rotatable bonds is 3. The standard InChI is InChI=1S/C21H24N6O3/c1-21(2)10-13-8-15(16(9-18(13)30-21)27-4-6-29-7-5-27)23-20(28)14-11-22-12-17-19(14)24-25-26(17)3/h8-9,11-12H,4-7,10H2,1-3H3,(H,23,28). The average molecular weight is 408 g/mol. The monoisotopic (exact) mass is 408 g/mol. The second kappa shape index (κ2) is 6.94. The van der Waals surface area contributed by atoms with Crippen molar-refractivity contribution in [2.24, 2.45) is 7.05 Å². The zero-order valence-electron chi connectivity index (χ0n) is 17.3. The topological polar surface area (TPSA) is 94.4 Å². The molecule has 0 aliphatic carbocycles. The molecule has 2 aliphatic rings. The van der Waals surface area contributed by atoms with Crippen LogP contribution in [-0.4, -0.2) is 57.8 Å². The Bertz CT molecular complexity index is 1130. The number of anilines is 2. The summed E-state index contributed by atoms with van der Waals surface area (Å²) in [6.45, 7) is 6.96. The number of aryl methyl sites for hydroxylation is 1. The van der Waals surface area contributed by atoms with Gasteiger partial charge in [0.1, 0.15) is 22.4 Å². The Labute approximate surface area is 174 Å². The average Bonchev–Trinajstić information content (AvgIpc) is 3.25. The van der Waals surface area contributed by atoms with Crippen molar-refractivity contribution in [1.82, 2.24) is 20.0 Å². The van der Waals surface area contributed by atoms with E-state index in [9.17, 15) is 4.79 Å². The molecule has 3 aromatic rings. The summed E-state index contributed by atoms with van der Waals surface area (Å²) < 4.78 is 13.2. The van der Waals surface area contributed by atoms with Crippen molar-refractivity contribution in [3.8, 4) is 5.75 Å². The van der Waals surface area contributed by atoms with Crippen LogP contribution < -0.4 is 15.0 Å². The van der Waals surface area contributed by atoms with Crippen LogP contribution in [-0.2, 0) is 18.2 Å². The van der Waals surface area contributed by atoms with Crippen molar-refractivity contribution in [3.63, 3.8) is 0 Å². The van der Waals surface area contributed by atoms with Crippen LogP contribution in [0, 0.1) is 0 Å². The Hall–Kier alpha value is -3.20. The van der Waals surface area contributed by atoms with Gasteiger partial charge in [-0.05, 0) is 19.9 Å². The highest BCUT2D eigenvalue weighted by Gasteiger charge is 2.32. The zero-order valence-corrected chi connectivity index (χ0v) is 17.3. The predicted molar refractivity (Wildman–Crippen MR) is 112 cm³/mol. The molecule has 1 fully saturated rings. The quantitative estimate of drug-likeness (QED) is 0.710. The smallest absolute Gasteiger partial charge is 0.259 e. The number of ether oxygens (including phenoxy) is 2. The van der Waals surface area contributed by atoms with E-state index < -0.39 is 0 Å². The van der Waals surface area contributed by atoms with Gasteiger partial charge in [-0.3, -0.25) is 9.78 Å². The van der Waals surface area contributed by atoms with E-state index in [-0.39, 0.29) is 11.5 Å². The maximum Gasteiger partial charge on any atom is 0.259 e. The number of fused-ring (bicyclic) bond motifs is 2. The van der Waals surface area contributed by atoms with Crippen LogP contribution in [0.2, 0.25) is 0 Å². The fourth-order valence-corrected chi connectivity index (χ4v) is 4.11. The van der Waals surface area contributed by atoms with Gasteiger partial charge in [0.25, 0.3) is 5.91 Å². The predicted octanol–water partition coefficient (Wildman–Crippen LogP) is 2.17. The second-order valence-corrected chi connectivity index (χ2v) is 8.34. The molecule has 30 heavy (non-hydrogen) atoms. The summed E-state index contributed by atoms with van der Waals surface area (Å²) in [6.07, 6.45) is 3.97. The molecule has 0 saturated carbocycles. The number of morpholine rings is 1. The number of aromatic nitrogens is 4. The summed E-state index contributed by atoms with van der Waals surface area (Å²) in [5, 5.41) is 11.2. The number of pyridine rings is 1. The molecule has 0 radical (unpaired) electrons. The van der Waals surface area contributed by atoms with E-state index in [0.29, 0.717) is 29.8 Å². The number of carbonyl (C=O) groups is 1. The normalized spacial score (nSPS) is 17.6. The molecule has 0 spiro atoms. The van der Waals surface area contributed by atoms with Crippen LogP contribution in [0.1, 0.15) is 29.8 Å². The summed E-state index contributed by atoms with van der Waals surface area (Å²) in [5.74, 6) is 0.610. The highest BCUT2D eigenvalue weighted by atomic mass is 16.5. The number of carbonyl (C=O) groups excluding carboxylic acids is 1. The van der Waals surface area contributed by atoms with Crippen LogP contribution in [0.5, 0.6) is 5.75 Å².